The first kappa shape index (κ1) is 16.1. The van der Waals surface area contributed by atoms with E-state index in [0.29, 0.717) is 0 Å². The van der Waals surface area contributed by atoms with Gasteiger partial charge in [-0.15, -0.1) is 0 Å². The lowest BCUT2D eigenvalue weighted by Crippen LogP contribution is -2.18. The zero-order chi connectivity index (χ0) is 16.3. The zero-order valence-electron chi connectivity index (χ0n) is 10.9. The van der Waals surface area contributed by atoms with E-state index in [-0.39, 0.29) is 10.5 Å². The number of phenols is 3. The number of benzene rings is 2. The smallest absolute Gasteiger partial charge is 0.276 e. The molecule has 0 unspecified atom stereocenters. The number of hydrogen-bond acceptors (Lipinski definition) is 6. The summed E-state index contributed by atoms with van der Waals surface area (Å²) in [7, 11) is -3.84. The van der Waals surface area contributed by atoms with Crippen LogP contribution in [0.2, 0.25) is 0 Å². The second-order valence-corrected chi connectivity index (χ2v) is 6.75. The fraction of sp³-hybridized carbons (Fsp3) is 0. The van der Waals surface area contributed by atoms with Crippen LogP contribution in [0.4, 0.5) is 0 Å². The number of phenolic OH excluding ortho intramolecular Hbond substituents is 3. The van der Waals surface area contributed by atoms with Crippen LogP contribution in [0.3, 0.4) is 0 Å². The molecule has 2 rings (SSSR count). The fourth-order valence-electron chi connectivity index (χ4n) is 1.52. The molecular formula is C13H11BrN2O5S. The Morgan fingerprint density at radius 2 is 1.64 bits per heavy atom. The molecule has 22 heavy (non-hydrogen) atoms. The van der Waals surface area contributed by atoms with E-state index in [4.69, 9.17) is 0 Å². The highest BCUT2D eigenvalue weighted by Gasteiger charge is 2.13. The average Bonchev–Trinajstić information content (AvgIpc) is 2.48. The van der Waals surface area contributed by atoms with Gasteiger partial charge in [0.15, 0.2) is 11.5 Å². The molecule has 4 N–H and O–H groups in total. The van der Waals surface area contributed by atoms with Crippen molar-refractivity contribution in [2.24, 2.45) is 5.10 Å². The van der Waals surface area contributed by atoms with Crippen molar-refractivity contribution in [3.05, 3.63) is 46.4 Å². The topological polar surface area (TPSA) is 119 Å². The van der Waals surface area contributed by atoms with Crippen molar-refractivity contribution >= 4 is 32.2 Å². The first-order valence-electron chi connectivity index (χ1n) is 5.85. The summed E-state index contributed by atoms with van der Waals surface area (Å²) >= 11 is 3.20. The third-order valence-electron chi connectivity index (χ3n) is 2.66. The second kappa shape index (κ2) is 6.24. The number of nitrogens with zero attached hydrogens (tertiary/aromatic N) is 1. The minimum Gasteiger partial charge on any atom is -0.504 e. The van der Waals surface area contributed by atoms with Gasteiger partial charge < -0.3 is 15.3 Å². The number of rotatable bonds is 4. The minimum atomic E-state index is -3.84. The largest absolute Gasteiger partial charge is 0.504 e. The van der Waals surface area contributed by atoms with Crippen LogP contribution in [-0.4, -0.2) is 30.0 Å². The minimum absolute atomic E-state index is 0.0191. The van der Waals surface area contributed by atoms with E-state index in [1.54, 1.807) is 12.1 Å². The molecule has 0 radical (unpaired) electrons. The Morgan fingerprint density at radius 3 is 2.27 bits per heavy atom. The highest BCUT2D eigenvalue weighted by Crippen LogP contribution is 2.36. The monoisotopic (exact) mass is 386 g/mol. The number of sulfonamides is 1. The van der Waals surface area contributed by atoms with Gasteiger partial charge in [-0.3, -0.25) is 0 Å². The zero-order valence-corrected chi connectivity index (χ0v) is 13.3. The molecule has 116 valence electrons. The predicted molar refractivity (Wildman–Crippen MR) is 83.5 cm³/mol. The number of halogens is 1. The molecule has 2 aromatic rings. The van der Waals surface area contributed by atoms with E-state index in [9.17, 15) is 23.7 Å². The lowest BCUT2D eigenvalue weighted by Gasteiger charge is -2.05. The third-order valence-corrected chi connectivity index (χ3v) is 4.43. The highest BCUT2D eigenvalue weighted by molar-refractivity contribution is 9.10. The number of nitrogens with one attached hydrogen (secondary N) is 1. The van der Waals surface area contributed by atoms with E-state index >= 15 is 0 Å². The summed E-state index contributed by atoms with van der Waals surface area (Å²) in [5, 5.41) is 31.6. The van der Waals surface area contributed by atoms with E-state index in [0.717, 1.165) is 16.8 Å². The van der Waals surface area contributed by atoms with Crippen LogP contribution in [0.25, 0.3) is 0 Å². The maximum atomic E-state index is 11.9. The van der Waals surface area contributed by atoms with Gasteiger partial charge in [0.1, 0.15) is 0 Å². The van der Waals surface area contributed by atoms with Crippen molar-refractivity contribution in [3.8, 4) is 17.2 Å². The molecule has 0 aliphatic carbocycles. The maximum Gasteiger partial charge on any atom is 0.276 e. The summed E-state index contributed by atoms with van der Waals surface area (Å²) in [5.41, 5.74) is 0.0359. The summed E-state index contributed by atoms with van der Waals surface area (Å²) in [6.07, 6.45) is 1.00. The molecule has 0 saturated heterocycles. The van der Waals surface area contributed by atoms with Gasteiger partial charge in [-0.2, -0.15) is 13.5 Å². The normalized spacial score (nSPS) is 11.7. The summed E-state index contributed by atoms with van der Waals surface area (Å²) in [4.78, 5) is 1.99. The summed E-state index contributed by atoms with van der Waals surface area (Å²) < 4.78 is 24.6. The van der Waals surface area contributed by atoms with Crippen LogP contribution in [0.5, 0.6) is 17.2 Å². The first-order chi connectivity index (χ1) is 10.3. The van der Waals surface area contributed by atoms with Crippen molar-refractivity contribution in [2.75, 3.05) is 0 Å². The predicted octanol–water partition coefficient (Wildman–Crippen LogP) is 1.88. The maximum absolute atomic E-state index is 11.9. The molecule has 0 saturated carbocycles. The van der Waals surface area contributed by atoms with Crippen LogP contribution in [0, 0.1) is 0 Å². The summed E-state index contributed by atoms with van der Waals surface area (Å²) in [5.74, 6) is -1.81. The van der Waals surface area contributed by atoms with E-state index < -0.39 is 27.3 Å². The Bertz CT molecular complexity index is 819. The molecule has 0 bridgehead atoms. The van der Waals surface area contributed by atoms with Crippen LogP contribution < -0.4 is 4.83 Å². The van der Waals surface area contributed by atoms with Crippen molar-refractivity contribution < 1.29 is 23.7 Å². The van der Waals surface area contributed by atoms with Crippen LogP contribution in [0.15, 0.2) is 50.9 Å². The molecule has 7 nitrogen and oxygen atoms in total. The molecule has 0 amide bonds. The Morgan fingerprint density at radius 1 is 1.00 bits per heavy atom. The molecule has 0 aliphatic heterocycles. The van der Waals surface area contributed by atoms with Crippen molar-refractivity contribution in [1.82, 2.24) is 4.83 Å². The van der Waals surface area contributed by atoms with Gasteiger partial charge in [0.25, 0.3) is 10.0 Å². The SMILES string of the molecule is O=S(=O)(NN=Cc1ccc(O)c(O)c1O)c1ccc(Br)cc1. The van der Waals surface area contributed by atoms with Crippen molar-refractivity contribution in [3.63, 3.8) is 0 Å². The Hall–Kier alpha value is -2.26. The third kappa shape index (κ3) is 3.49. The van der Waals surface area contributed by atoms with Crippen LogP contribution in [-0.2, 0) is 10.0 Å². The van der Waals surface area contributed by atoms with Gasteiger partial charge in [-0.25, -0.2) is 4.83 Å². The molecule has 0 aromatic heterocycles. The van der Waals surface area contributed by atoms with Gasteiger partial charge >= 0.3 is 0 Å². The molecular weight excluding hydrogens is 376 g/mol. The average molecular weight is 387 g/mol. The molecule has 0 atom stereocenters. The quantitative estimate of drug-likeness (QED) is 0.363. The lowest BCUT2D eigenvalue weighted by atomic mass is 10.2. The number of aromatic hydroxyl groups is 3. The first-order valence-corrected chi connectivity index (χ1v) is 8.13. The Balaban J connectivity index is 2.19. The molecule has 0 spiro atoms. The number of hydrogen-bond donors (Lipinski definition) is 4. The molecule has 9 heteroatoms. The second-order valence-electron chi connectivity index (χ2n) is 4.18. The molecule has 0 heterocycles. The van der Waals surface area contributed by atoms with Crippen molar-refractivity contribution in [1.29, 1.82) is 0 Å². The summed E-state index contributed by atoms with van der Waals surface area (Å²) in [6, 6.07) is 8.34. The van der Waals surface area contributed by atoms with E-state index in [1.807, 2.05) is 4.83 Å². The highest BCUT2D eigenvalue weighted by atomic mass is 79.9. The lowest BCUT2D eigenvalue weighted by molar-refractivity contribution is 0.367. The van der Waals surface area contributed by atoms with E-state index in [1.165, 1.54) is 18.2 Å². The standard InChI is InChI=1S/C13H11BrN2O5S/c14-9-2-4-10(5-3-9)22(20,21)16-15-7-8-1-6-11(17)13(19)12(8)18/h1-7,16-19H. The van der Waals surface area contributed by atoms with Gasteiger partial charge in [0, 0.05) is 10.0 Å². The van der Waals surface area contributed by atoms with Crippen molar-refractivity contribution in [2.45, 2.75) is 4.90 Å². The Labute approximate surface area is 134 Å². The van der Waals surface area contributed by atoms with Crippen LogP contribution in [0.1, 0.15) is 5.56 Å². The van der Waals surface area contributed by atoms with Gasteiger partial charge in [-0.1, -0.05) is 15.9 Å². The van der Waals surface area contributed by atoms with Gasteiger partial charge in [0.2, 0.25) is 5.75 Å². The van der Waals surface area contributed by atoms with Crippen LogP contribution >= 0.6 is 15.9 Å². The van der Waals surface area contributed by atoms with Gasteiger partial charge in [0.05, 0.1) is 11.1 Å². The van der Waals surface area contributed by atoms with Gasteiger partial charge in [-0.05, 0) is 36.4 Å². The molecule has 0 aliphatic rings. The fourth-order valence-corrected chi connectivity index (χ4v) is 2.58. The Kier molecular flexibility index (Phi) is 4.57. The molecule has 0 fully saturated rings. The van der Waals surface area contributed by atoms with E-state index in [2.05, 4.69) is 21.0 Å². The summed E-state index contributed by atoms with van der Waals surface area (Å²) in [6.45, 7) is 0. The molecule has 2 aromatic carbocycles. The number of hydrazone groups is 1.